The molecular weight excluding hydrogens is 930 g/mol. The number of ether oxygens (including phenoxy) is 3. The molecule has 6 aromatic rings. The van der Waals surface area contributed by atoms with Crippen molar-refractivity contribution in [2.24, 2.45) is 0 Å². The molecule has 0 amide bonds. The Morgan fingerprint density at radius 2 is 1.03 bits per heavy atom. The molecule has 0 heterocycles. The minimum absolute atomic E-state index is 0.0183. The molecule has 0 radical (unpaired) electrons. The molecule has 0 fully saturated rings. The molecule has 8 N–H and O–H groups in total. The summed E-state index contributed by atoms with van der Waals surface area (Å²) in [4.78, 5) is 23.3. The molecule has 0 aliphatic heterocycles. The molecule has 0 bridgehead atoms. The smallest absolute Gasteiger partial charge is 0.387 e. The van der Waals surface area contributed by atoms with Crippen LogP contribution in [0.3, 0.4) is 0 Å². The van der Waals surface area contributed by atoms with E-state index in [0.717, 1.165) is 31.7 Å². The zero-order chi connectivity index (χ0) is 48.6. The predicted molar refractivity (Wildman–Crippen MR) is 257 cm³/mol. The lowest BCUT2D eigenvalue weighted by Crippen LogP contribution is -2.15. The van der Waals surface area contributed by atoms with E-state index in [1.807, 2.05) is 19.9 Å². The van der Waals surface area contributed by atoms with Gasteiger partial charge in [0.1, 0.15) is 27.0 Å². The third-order valence-electron chi connectivity index (χ3n) is 9.25. The molecule has 2 atom stereocenters. The van der Waals surface area contributed by atoms with Crippen LogP contribution in [0, 0.1) is 9.56 Å². The zero-order valence-electron chi connectivity index (χ0n) is 36.2. The van der Waals surface area contributed by atoms with Gasteiger partial charge in [-0.3, -0.25) is 9.44 Å². The largest absolute Gasteiger partial charge is 0.478 e. The van der Waals surface area contributed by atoms with Crippen LogP contribution >= 0.6 is 11.6 Å². The standard InChI is InChI=1S/C24H25F2N3O5S.C23H24ClN3O4S/c1-2-3-12-28-20-13-16(23(30)31)14-21(22(20)33-18-9-5-4-6-10-18)35(27,32)29-17-8-7-11-19(15-17)34-24(25)26;1-2-3-12-26-20-13-16(23(28)29)14-21(22(20)31-19-10-5-4-6-11-19)32(25,30)27-18-9-7-8-17(24)15-18/h4-11,13-15,24,28H,2-3,12H2,1H3,(H,30,31)(H2,27,29,32);4-11,13-15,26H,2-3,12H2,1H3,(H,28,29)(H2,25,27,30). The number of alkyl halides is 2. The van der Waals surface area contributed by atoms with Gasteiger partial charge in [-0.25, -0.2) is 27.6 Å². The number of carboxylic acid groups (broad SMARTS) is 2. The minimum Gasteiger partial charge on any atom is -0.478 e. The molecule has 20 heteroatoms. The van der Waals surface area contributed by atoms with Gasteiger partial charge in [0.2, 0.25) is 0 Å². The number of para-hydroxylation sites is 2. The van der Waals surface area contributed by atoms with Crippen LogP contribution in [0.2, 0.25) is 5.02 Å². The van der Waals surface area contributed by atoms with Gasteiger partial charge in [0.15, 0.2) is 31.3 Å². The molecule has 0 saturated heterocycles. The number of hydrogen-bond acceptors (Lipinski definition) is 11. The third kappa shape index (κ3) is 15.0. The first-order valence-electron chi connectivity index (χ1n) is 20.7. The molecule has 67 heavy (non-hydrogen) atoms. The van der Waals surface area contributed by atoms with Gasteiger partial charge in [0.05, 0.1) is 28.2 Å². The fraction of sp³-hybridized carbons (Fsp3) is 0.191. The van der Waals surface area contributed by atoms with Gasteiger partial charge in [0, 0.05) is 29.9 Å². The van der Waals surface area contributed by atoms with Gasteiger partial charge < -0.3 is 35.1 Å². The average molecular weight is 980 g/mol. The Bertz CT molecular complexity index is 2860. The van der Waals surface area contributed by atoms with E-state index in [1.165, 1.54) is 48.5 Å². The van der Waals surface area contributed by atoms with Crippen molar-refractivity contribution in [3.63, 3.8) is 0 Å². The first kappa shape index (κ1) is 50.9. The van der Waals surface area contributed by atoms with Crippen molar-refractivity contribution in [2.75, 3.05) is 33.2 Å². The molecular formula is C47H49ClF2N6O9S2. The van der Waals surface area contributed by atoms with Crippen LogP contribution in [0.1, 0.15) is 60.2 Å². The Hall–Kier alpha value is -7.09. The van der Waals surface area contributed by atoms with Gasteiger partial charge in [-0.05, 0) is 91.7 Å². The Morgan fingerprint density at radius 3 is 1.43 bits per heavy atom. The van der Waals surface area contributed by atoms with Crippen LogP contribution < -0.4 is 34.3 Å². The van der Waals surface area contributed by atoms with E-state index in [9.17, 15) is 37.0 Å². The summed E-state index contributed by atoms with van der Waals surface area (Å²) < 4.78 is 91.1. The van der Waals surface area contributed by atoms with E-state index in [0.29, 0.717) is 41.0 Å². The monoisotopic (exact) mass is 978 g/mol. The van der Waals surface area contributed by atoms with E-state index < -0.39 is 38.4 Å². The summed E-state index contributed by atoms with van der Waals surface area (Å²) in [7, 11) is -7.67. The van der Waals surface area contributed by atoms with Crippen molar-refractivity contribution < 1.29 is 51.2 Å². The Balaban J connectivity index is 0.000000252. The third-order valence-corrected chi connectivity index (χ3v) is 12.4. The predicted octanol–water partition coefficient (Wildman–Crippen LogP) is 12.9. The maximum Gasteiger partial charge on any atom is 0.387 e. The maximum atomic E-state index is 13.6. The van der Waals surface area contributed by atoms with E-state index in [-0.39, 0.29) is 49.5 Å². The molecule has 2 unspecified atom stereocenters. The second-order valence-corrected chi connectivity index (χ2v) is 18.4. The number of nitrogens with one attached hydrogen (secondary N) is 6. The lowest BCUT2D eigenvalue weighted by Gasteiger charge is -2.20. The number of halogens is 3. The van der Waals surface area contributed by atoms with Gasteiger partial charge in [-0.15, -0.1) is 0 Å². The Kier molecular flexibility index (Phi) is 18.2. The zero-order valence-corrected chi connectivity index (χ0v) is 38.6. The lowest BCUT2D eigenvalue weighted by molar-refractivity contribution is -0.0498. The SMILES string of the molecule is CCCCNc1cc(C(=O)O)cc(S(=N)(=O)Nc2cccc(Cl)c2)c1Oc1ccccc1.CCCCNc1cc(C(=O)O)cc(S(=N)(=O)Nc2cccc(OC(F)F)c2)c1Oc1ccccc1. The van der Waals surface area contributed by atoms with Crippen molar-refractivity contribution in [2.45, 2.75) is 55.9 Å². The van der Waals surface area contributed by atoms with Crippen molar-refractivity contribution in [1.29, 1.82) is 9.56 Å². The summed E-state index contributed by atoms with van der Waals surface area (Å²) >= 11 is 6.01. The molecule has 6 rings (SSSR count). The number of hydrogen-bond donors (Lipinski definition) is 8. The highest BCUT2D eigenvalue weighted by Gasteiger charge is 2.26. The normalized spacial score (nSPS) is 12.6. The lowest BCUT2D eigenvalue weighted by atomic mass is 10.1. The number of rotatable bonds is 22. The van der Waals surface area contributed by atoms with Crippen molar-refractivity contribution in [1.82, 2.24) is 0 Å². The molecule has 354 valence electrons. The highest BCUT2D eigenvalue weighted by molar-refractivity contribution is 7.94. The van der Waals surface area contributed by atoms with Crippen LogP contribution in [0.15, 0.2) is 143 Å². The van der Waals surface area contributed by atoms with Crippen LogP contribution in [-0.4, -0.2) is 50.3 Å². The van der Waals surface area contributed by atoms with Crippen LogP contribution in [0.25, 0.3) is 0 Å². The summed E-state index contributed by atoms with van der Waals surface area (Å²) in [6.07, 6.45) is 3.43. The highest BCUT2D eigenvalue weighted by Crippen LogP contribution is 2.41. The Morgan fingerprint density at radius 1 is 0.612 bits per heavy atom. The van der Waals surface area contributed by atoms with Crippen molar-refractivity contribution in [3.8, 4) is 28.7 Å². The van der Waals surface area contributed by atoms with Gasteiger partial charge >= 0.3 is 18.6 Å². The van der Waals surface area contributed by atoms with Crippen LogP contribution in [0.5, 0.6) is 28.7 Å². The summed E-state index contributed by atoms with van der Waals surface area (Å²) in [5, 5.41) is 25.9. The number of carbonyl (C=O) groups is 2. The molecule has 0 aromatic heterocycles. The molecule has 0 saturated carbocycles. The van der Waals surface area contributed by atoms with Gasteiger partial charge in [0.25, 0.3) is 0 Å². The number of anilines is 4. The average Bonchev–Trinajstić information content (AvgIpc) is 3.27. The molecule has 0 aliphatic rings. The van der Waals surface area contributed by atoms with Gasteiger partial charge in [-0.1, -0.05) is 86.8 Å². The maximum absolute atomic E-state index is 13.6. The number of carboxylic acids is 2. The molecule has 15 nitrogen and oxygen atoms in total. The fourth-order valence-electron chi connectivity index (χ4n) is 6.09. The van der Waals surface area contributed by atoms with Crippen LogP contribution in [-0.2, 0) is 19.8 Å². The molecule has 0 spiro atoms. The fourth-order valence-corrected chi connectivity index (χ4v) is 8.83. The van der Waals surface area contributed by atoms with Crippen molar-refractivity contribution >= 4 is 66.1 Å². The second kappa shape index (κ2) is 23.9. The number of aromatic carboxylic acids is 2. The quantitative estimate of drug-likeness (QED) is 0.0298. The number of benzene rings is 6. The van der Waals surface area contributed by atoms with E-state index >= 15 is 0 Å². The minimum atomic E-state index is -3.94. The van der Waals surface area contributed by atoms with Crippen molar-refractivity contribution in [3.05, 3.63) is 150 Å². The van der Waals surface area contributed by atoms with Crippen LogP contribution in [0.4, 0.5) is 31.5 Å². The second-order valence-electron chi connectivity index (χ2n) is 14.4. The topological polar surface area (TPSA) is 232 Å². The van der Waals surface area contributed by atoms with E-state index in [1.54, 1.807) is 72.8 Å². The summed E-state index contributed by atoms with van der Waals surface area (Å²) in [5.74, 6) is -1.67. The molecule has 6 aromatic carbocycles. The highest BCUT2D eigenvalue weighted by atomic mass is 35.5. The number of unbranched alkanes of at least 4 members (excludes halogenated alkanes) is 2. The Labute approximate surface area is 392 Å². The van der Waals surface area contributed by atoms with Gasteiger partial charge in [-0.2, -0.15) is 8.78 Å². The summed E-state index contributed by atoms with van der Waals surface area (Å²) in [6, 6.07) is 34.2. The summed E-state index contributed by atoms with van der Waals surface area (Å²) in [5.41, 5.74) is 0.737. The van der Waals surface area contributed by atoms with E-state index in [2.05, 4.69) is 24.8 Å². The molecule has 0 aliphatic carbocycles. The summed E-state index contributed by atoms with van der Waals surface area (Å²) in [6.45, 7) is 2.03. The first-order valence-corrected chi connectivity index (χ1v) is 24.2. The van der Waals surface area contributed by atoms with E-state index in [4.69, 9.17) is 30.6 Å². The first-order chi connectivity index (χ1) is 32.0.